The van der Waals surface area contributed by atoms with Crippen LogP contribution in [0, 0.1) is 5.92 Å². The van der Waals surface area contributed by atoms with Gasteiger partial charge in [0.2, 0.25) is 5.91 Å². The number of likely N-dealkylation sites (tertiary alicyclic amines) is 1. The van der Waals surface area contributed by atoms with Gasteiger partial charge in [0.25, 0.3) is 0 Å². The summed E-state index contributed by atoms with van der Waals surface area (Å²) in [5.74, 6) is -0.350. The molecule has 1 aromatic carbocycles. The molecule has 1 saturated heterocycles. The maximum absolute atomic E-state index is 12.2. The van der Waals surface area contributed by atoms with Gasteiger partial charge in [0.05, 0.1) is 13.0 Å². The molecule has 1 N–H and O–H groups in total. The monoisotopic (exact) mass is 342 g/mol. The van der Waals surface area contributed by atoms with Crippen LogP contribution in [0.15, 0.2) is 24.3 Å². The summed E-state index contributed by atoms with van der Waals surface area (Å²) < 4.78 is 33.1. The molecule has 1 heterocycles. The van der Waals surface area contributed by atoms with Crippen LogP contribution in [0.1, 0.15) is 18.4 Å². The standard InChI is InChI=1S/C16H20F2N2O4/c1-23-16(22)20-8-2-3-12(10-20)14(21)19-9-11-4-6-13(7-5-11)24-15(17)18/h4-7,12,15H,2-3,8-10H2,1H3,(H,19,21)/t12-/m0/s1. The summed E-state index contributed by atoms with van der Waals surface area (Å²) >= 11 is 0. The van der Waals surface area contributed by atoms with E-state index < -0.39 is 12.7 Å². The fourth-order valence-electron chi connectivity index (χ4n) is 2.61. The van der Waals surface area contributed by atoms with Gasteiger partial charge in [0, 0.05) is 19.6 Å². The highest BCUT2D eigenvalue weighted by Gasteiger charge is 2.28. The SMILES string of the molecule is COC(=O)N1CCC[C@H](C(=O)NCc2ccc(OC(F)F)cc2)C1. The van der Waals surface area contributed by atoms with Gasteiger partial charge < -0.3 is 19.7 Å². The Balaban J connectivity index is 1.83. The molecule has 1 aliphatic heterocycles. The molecule has 1 atom stereocenters. The van der Waals surface area contributed by atoms with Crippen molar-refractivity contribution in [1.29, 1.82) is 0 Å². The first-order valence-electron chi connectivity index (χ1n) is 7.64. The van der Waals surface area contributed by atoms with Crippen LogP contribution in [0.2, 0.25) is 0 Å². The summed E-state index contributed by atoms with van der Waals surface area (Å²) in [7, 11) is 1.31. The number of amides is 2. The van der Waals surface area contributed by atoms with Crippen LogP contribution in [0.5, 0.6) is 5.75 Å². The molecule has 0 aliphatic carbocycles. The predicted octanol–water partition coefficient (Wildman–Crippen LogP) is 2.38. The van der Waals surface area contributed by atoms with Gasteiger partial charge in [-0.15, -0.1) is 0 Å². The third-order valence-electron chi connectivity index (χ3n) is 3.84. The molecule has 0 saturated carbocycles. The Morgan fingerprint density at radius 3 is 2.67 bits per heavy atom. The Kier molecular flexibility index (Phi) is 6.34. The Morgan fingerprint density at radius 1 is 1.33 bits per heavy atom. The molecule has 0 unspecified atom stereocenters. The largest absolute Gasteiger partial charge is 0.453 e. The fourth-order valence-corrected chi connectivity index (χ4v) is 2.61. The Labute approximate surface area is 138 Å². The molecule has 2 amide bonds. The third kappa shape index (κ3) is 5.07. The Bertz CT molecular complexity index is 566. The second-order valence-electron chi connectivity index (χ2n) is 5.50. The molecule has 132 valence electrons. The summed E-state index contributed by atoms with van der Waals surface area (Å²) in [6.07, 6.45) is 1.02. The van der Waals surface area contributed by atoms with Crippen molar-refractivity contribution < 1.29 is 27.8 Å². The molecule has 0 spiro atoms. The number of benzene rings is 1. The number of carbonyl (C=O) groups is 2. The molecular formula is C16H20F2N2O4. The lowest BCUT2D eigenvalue weighted by molar-refractivity contribution is -0.126. The van der Waals surface area contributed by atoms with Crippen molar-refractivity contribution in [2.45, 2.75) is 26.0 Å². The van der Waals surface area contributed by atoms with Crippen LogP contribution < -0.4 is 10.1 Å². The quantitative estimate of drug-likeness (QED) is 0.892. The number of halogens is 2. The number of nitrogens with one attached hydrogen (secondary N) is 1. The van der Waals surface area contributed by atoms with E-state index in [1.165, 1.54) is 24.1 Å². The maximum Gasteiger partial charge on any atom is 0.409 e. The first-order valence-corrected chi connectivity index (χ1v) is 7.64. The molecule has 8 heteroatoms. The number of rotatable bonds is 5. The summed E-state index contributed by atoms with van der Waals surface area (Å²) in [6.45, 7) is -1.66. The van der Waals surface area contributed by atoms with Crippen molar-refractivity contribution in [2.24, 2.45) is 5.92 Å². The minimum Gasteiger partial charge on any atom is -0.453 e. The predicted molar refractivity (Wildman–Crippen MR) is 81.6 cm³/mol. The van der Waals surface area contributed by atoms with Crippen molar-refractivity contribution in [3.05, 3.63) is 29.8 Å². The van der Waals surface area contributed by atoms with Gasteiger partial charge in [-0.25, -0.2) is 4.79 Å². The van der Waals surface area contributed by atoms with E-state index >= 15 is 0 Å². The van der Waals surface area contributed by atoms with Crippen LogP contribution in [0.3, 0.4) is 0 Å². The molecule has 0 radical (unpaired) electrons. The van der Waals surface area contributed by atoms with E-state index in [2.05, 4.69) is 14.8 Å². The summed E-state index contributed by atoms with van der Waals surface area (Å²) in [5.41, 5.74) is 0.769. The van der Waals surface area contributed by atoms with Gasteiger partial charge in [0.15, 0.2) is 0 Å². The van der Waals surface area contributed by atoms with Crippen LogP contribution in [0.4, 0.5) is 13.6 Å². The molecule has 1 aliphatic rings. The zero-order chi connectivity index (χ0) is 17.5. The Morgan fingerprint density at radius 2 is 2.04 bits per heavy atom. The van der Waals surface area contributed by atoms with E-state index in [4.69, 9.17) is 0 Å². The topological polar surface area (TPSA) is 67.9 Å². The van der Waals surface area contributed by atoms with E-state index in [-0.39, 0.29) is 24.1 Å². The number of ether oxygens (including phenoxy) is 2. The fraction of sp³-hybridized carbons (Fsp3) is 0.500. The van der Waals surface area contributed by atoms with Gasteiger partial charge in [-0.1, -0.05) is 12.1 Å². The van der Waals surface area contributed by atoms with E-state index in [1.54, 1.807) is 12.1 Å². The summed E-state index contributed by atoms with van der Waals surface area (Å²) in [5, 5.41) is 2.80. The van der Waals surface area contributed by atoms with Crippen molar-refractivity contribution in [2.75, 3.05) is 20.2 Å². The van der Waals surface area contributed by atoms with Gasteiger partial charge >= 0.3 is 12.7 Å². The van der Waals surface area contributed by atoms with Crippen LogP contribution >= 0.6 is 0 Å². The van der Waals surface area contributed by atoms with Gasteiger partial charge in [-0.05, 0) is 30.5 Å². The van der Waals surface area contributed by atoms with Crippen LogP contribution in [0.25, 0.3) is 0 Å². The second kappa shape index (κ2) is 8.47. The first-order chi connectivity index (χ1) is 11.5. The first kappa shape index (κ1) is 18.0. The average molecular weight is 342 g/mol. The summed E-state index contributed by atoms with van der Waals surface area (Å²) in [6, 6.07) is 6.07. The van der Waals surface area contributed by atoms with E-state index in [9.17, 15) is 18.4 Å². The highest BCUT2D eigenvalue weighted by atomic mass is 19.3. The Hall–Kier alpha value is -2.38. The van der Waals surface area contributed by atoms with Crippen LogP contribution in [-0.4, -0.2) is 43.7 Å². The number of methoxy groups -OCH3 is 1. The normalized spacial score (nSPS) is 17.5. The van der Waals surface area contributed by atoms with Gasteiger partial charge in [0.1, 0.15) is 5.75 Å². The van der Waals surface area contributed by atoms with E-state index in [0.29, 0.717) is 19.5 Å². The molecule has 0 bridgehead atoms. The average Bonchev–Trinajstić information content (AvgIpc) is 2.59. The minimum atomic E-state index is -2.86. The van der Waals surface area contributed by atoms with Gasteiger partial charge in [-0.2, -0.15) is 8.78 Å². The zero-order valence-electron chi connectivity index (χ0n) is 13.3. The highest BCUT2D eigenvalue weighted by molar-refractivity contribution is 5.80. The molecule has 2 rings (SSSR count). The lowest BCUT2D eigenvalue weighted by Gasteiger charge is -2.30. The van der Waals surface area contributed by atoms with E-state index in [1.807, 2.05) is 0 Å². The van der Waals surface area contributed by atoms with Crippen molar-refractivity contribution in [3.63, 3.8) is 0 Å². The van der Waals surface area contributed by atoms with Gasteiger partial charge in [-0.3, -0.25) is 4.79 Å². The van der Waals surface area contributed by atoms with Crippen molar-refractivity contribution in [3.8, 4) is 5.75 Å². The zero-order valence-corrected chi connectivity index (χ0v) is 13.3. The third-order valence-corrected chi connectivity index (χ3v) is 3.84. The second-order valence-corrected chi connectivity index (χ2v) is 5.50. The number of alkyl halides is 2. The highest BCUT2D eigenvalue weighted by Crippen LogP contribution is 2.18. The maximum atomic E-state index is 12.2. The van der Waals surface area contributed by atoms with Crippen molar-refractivity contribution >= 4 is 12.0 Å². The number of nitrogens with zero attached hydrogens (tertiary/aromatic N) is 1. The van der Waals surface area contributed by atoms with Crippen molar-refractivity contribution in [1.82, 2.24) is 10.2 Å². The number of piperidine rings is 1. The smallest absolute Gasteiger partial charge is 0.409 e. The molecule has 6 nitrogen and oxygen atoms in total. The molecule has 1 aromatic rings. The lowest BCUT2D eigenvalue weighted by Crippen LogP contribution is -2.45. The molecular weight excluding hydrogens is 322 g/mol. The minimum absolute atomic E-state index is 0.0704. The molecule has 24 heavy (non-hydrogen) atoms. The lowest BCUT2D eigenvalue weighted by atomic mass is 9.97. The van der Waals surface area contributed by atoms with E-state index in [0.717, 1.165) is 12.0 Å². The molecule has 0 aromatic heterocycles. The molecule has 1 fully saturated rings. The van der Waals surface area contributed by atoms with Crippen LogP contribution in [-0.2, 0) is 16.1 Å². The number of hydrogen-bond donors (Lipinski definition) is 1. The number of hydrogen-bond acceptors (Lipinski definition) is 4. The summed E-state index contributed by atoms with van der Waals surface area (Å²) in [4.78, 5) is 25.3. The number of carbonyl (C=O) groups excluding carboxylic acids is 2.